The third-order valence-electron chi connectivity index (χ3n) is 5.11. The van der Waals surface area contributed by atoms with Gasteiger partial charge >= 0.3 is 0 Å². The summed E-state index contributed by atoms with van der Waals surface area (Å²) < 4.78 is 5.34. The van der Waals surface area contributed by atoms with E-state index in [1.165, 1.54) is 24.8 Å². The van der Waals surface area contributed by atoms with Crippen molar-refractivity contribution in [2.75, 3.05) is 19.6 Å². The summed E-state index contributed by atoms with van der Waals surface area (Å²) in [7, 11) is 0. The monoisotopic (exact) mass is 340 g/mol. The standard InChI is InChI=1S/C21H28N2O2/c1-17(20-8-5-15-25-20)22-21(24)16-23-13-11-19(12-14-23)10-9-18-6-3-2-4-7-18/h2-8,15,17,19H,9-14,16H2,1H3,(H,22,24)/t17-/m1/s1. The minimum absolute atomic E-state index is 0.0756. The molecule has 2 heterocycles. The molecule has 25 heavy (non-hydrogen) atoms. The fourth-order valence-corrected chi connectivity index (χ4v) is 3.55. The van der Waals surface area contributed by atoms with Crippen molar-refractivity contribution in [2.24, 2.45) is 5.92 Å². The molecule has 0 radical (unpaired) electrons. The van der Waals surface area contributed by atoms with Crippen molar-refractivity contribution in [1.29, 1.82) is 0 Å². The Hall–Kier alpha value is -2.07. The Morgan fingerprint density at radius 2 is 1.96 bits per heavy atom. The van der Waals surface area contributed by atoms with Crippen LogP contribution in [-0.2, 0) is 11.2 Å². The van der Waals surface area contributed by atoms with Gasteiger partial charge in [0, 0.05) is 0 Å². The number of hydrogen-bond donors (Lipinski definition) is 1. The largest absolute Gasteiger partial charge is 0.467 e. The lowest BCUT2D eigenvalue weighted by Gasteiger charge is -2.31. The predicted octanol–water partition coefficient (Wildman–Crippen LogP) is 3.80. The van der Waals surface area contributed by atoms with Crippen LogP contribution in [0, 0.1) is 5.92 Å². The minimum atomic E-state index is -0.0779. The van der Waals surface area contributed by atoms with E-state index in [-0.39, 0.29) is 11.9 Å². The van der Waals surface area contributed by atoms with Gasteiger partial charge in [-0.3, -0.25) is 9.69 Å². The number of amides is 1. The molecule has 3 rings (SSSR count). The van der Waals surface area contributed by atoms with Crippen LogP contribution in [0.3, 0.4) is 0 Å². The van der Waals surface area contributed by atoms with Gasteiger partial charge in [0.1, 0.15) is 5.76 Å². The molecule has 2 aromatic rings. The second-order valence-corrected chi connectivity index (χ2v) is 7.05. The molecular formula is C21H28N2O2. The molecule has 4 nitrogen and oxygen atoms in total. The average Bonchev–Trinajstić information content (AvgIpc) is 3.17. The van der Waals surface area contributed by atoms with Gasteiger partial charge in [0.25, 0.3) is 0 Å². The molecule has 0 spiro atoms. The summed E-state index contributed by atoms with van der Waals surface area (Å²) in [5.41, 5.74) is 1.43. The minimum Gasteiger partial charge on any atom is -0.467 e. The van der Waals surface area contributed by atoms with E-state index < -0.39 is 0 Å². The average molecular weight is 340 g/mol. The van der Waals surface area contributed by atoms with E-state index in [1.54, 1.807) is 6.26 Å². The van der Waals surface area contributed by atoms with Gasteiger partial charge in [-0.05, 0) is 69.3 Å². The molecule has 0 aliphatic carbocycles. The number of aryl methyl sites for hydroxylation is 1. The molecule has 1 aromatic heterocycles. The second-order valence-electron chi connectivity index (χ2n) is 7.05. The summed E-state index contributed by atoms with van der Waals surface area (Å²) in [6.45, 7) is 4.47. The molecule has 0 unspecified atom stereocenters. The van der Waals surface area contributed by atoms with Crippen LogP contribution in [0.2, 0.25) is 0 Å². The maximum absolute atomic E-state index is 12.2. The number of benzene rings is 1. The van der Waals surface area contributed by atoms with Gasteiger partial charge in [-0.1, -0.05) is 30.3 Å². The van der Waals surface area contributed by atoms with Crippen LogP contribution >= 0.6 is 0 Å². The number of carbonyl (C=O) groups is 1. The molecule has 1 aromatic carbocycles. The van der Waals surface area contributed by atoms with Crippen molar-refractivity contribution in [3.63, 3.8) is 0 Å². The molecule has 1 N–H and O–H groups in total. The molecule has 1 amide bonds. The molecule has 4 heteroatoms. The first-order valence-corrected chi connectivity index (χ1v) is 9.30. The van der Waals surface area contributed by atoms with Crippen molar-refractivity contribution in [3.8, 4) is 0 Å². The Morgan fingerprint density at radius 3 is 2.64 bits per heavy atom. The van der Waals surface area contributed by atoms with Crippen molar-refractivity contribution in [3.05, 3.63) is 60.1 Å². The first kappa shape index (κ1) is 17.7. The first-order valence-electron chi connectivity index (χ1n) is 9.30. The normalized spacial score (nSPS) is 17.3. The number of hydrogen-bond acceptors (Lipinski definition) is 3. The maximum atomic E-state index is 12.2. The van der Waals surface area contributed by atoms with Gasteiger partial charge in [0.2, 0.25) is 5.91 Å². The SMILES string of the molecule is C[C@@H](NC(=O)CN1CCC(CCc2ccccc2)CC1)c1ccco1. The highest BCUT2D eigenvalue weighted by Gasteiger charge is 2.21. The van der Waals surface area contributed by atoms with Crippen LogP contribution in [0.4, 0.5) is 0 Å². The zero-order valence-corrected chi connectivity index (χ0v) is 15.0. The lowest BCUT2D eigenvalue weighted by atomic mass is 9.90. The summed E-state index contributed by atoms with van der Waals surface area (Å²) in [5, 5.41) is 3.01. The smallest absolute Gasteiger partial charge is 0.234 e. The van der Waals surface area contributed by atoms with Gasteiger partial charge in [-0.25, -0.2) is 0 Å². The van der Waals surface area contributed by atoms with Gasteiger partial charge in [0.05, 0.1) is 18.8 Å². The molecule has 134 valence electrons. The van der Waals surface area contributed by atoms with Crippen LogP contribution in [-0.4, -0.2) is 30.4 Å². The summed E-state index contributed by atoms with van der Waals surface area (Å²) in [4.78, 5) is 14.5. The van der Waals surface area contributed by atoms with Gasteiger partial charge in [-0.15, -0.1) is 0 Å². The molecule has 0 bridgehead atoms. The molecule has 1 fully saturated rings. The topological polar surface area (TPSA) is 45.5 Å². The molecule has 1 saturated heterocycles. The Morgan fingerprint density at radius 1 is 1.20 bits per heavy atom. The van der Waals surface area contributed by atoms with E-state index in [1.807, 2.05) is 19.1 Å². The Labute approximate surface area is 150 Å². The highest BCUT2D eigenvalue weighted by molar-refractivity contribution is 5.78. The second kappa shape index (κ2) is 8.86. The maximum Gasteiger partial charge on any atom is 0.234 e. The number of furan rings is 1. The first-order chi connectivity index (χ1) is 12.2. The predicted molar refractivity (Wildman–Crippen MR) is 99.2 cm³/mol. The lowest BCUT2D eigenvalue weighted by molar-refractivity contribution is -0.123. The number of carbonyl (C=O) groups excluding carboxylic acids is 1. The highest BCUT2D eigenvalue weighted by Crippen LogP contribution is 2.22. The Bertz CT molecular complexity index is 631. The number of rotatable bonds is 7. The molecule has 1 aliphatic rings. The van der Waals surface area contributed by atoms with Crippen LogP contribution in [0.1, 0.15) is 43.6 Å². The van der Waals surface area contributed by atoms with Gasteiger partial charge in [-0.2, -0.15) is 0 Å². The van der Waals surface area contributed by atoms with Crippen LogP contribution in [0.5, 0.6) is 0 Å². The quantitative estimate of drug-likeness (QED) is 0.834. The van der Waals surface area contributed by atoms with E-state index in [4.69, 9.17) is 4.42 Å². The molecule has 1 aliphatic heterocycles. The molecule has 1 atom stereocenters. The summed E-state index contributed by atoms with van der Waals surface area (Å²) in [6, 6.07) is 14.4. The number of likely N-dealkylation sites (tertiary alicyclic amines) is 1. The van der Waals surface area contributed by atoms with Crippen molar-refractivity contribution in [2.45, 2.75) is 38.6 Å². The van der Waals surface area contributed by atoms with Crippen molar-refractivity contribution >= 4 is 5.91 Å². The summed E-state index contributed by atoms with van der Waals surface area (Å²) >= 11 is 0. The summed E-state index contributed by atoms with van der Waals surface area (Å²) in [5.74, 6) is 1.65. The lowest BCUT2D eigenvalue weighted by Crippen LogP contribution is -2.42. The zero-order valence-electron chi connectivity index (χ0n) is 15.0. The third-order valence-corrected chi connectivity index (χ3v) is 5.11. The van der Waals surface area contributed by atoms with Crippen LogP contribution in [0.15, 0.2) is 53.1 Å². The van der Waals surface area contributed by atoms with Crippen LogP contribution < -0.4 is 5.32 Å². The number of piperidine rings is 1. The van der Waals surface area contributed by atoms with E-state index in [0.717, 1.165) is 31.2 Å². The Kier molecular flexibility index (Phi) is 6.29. The Balaban J connectivity index is 1.35. The fraction of sp³-hybridized carbons (Fsp3) is 0.476. The number of nitrogens with one attached hydrogen (secondary N) is 1. The van der Waals surface area contributed by atoms with E-state index in [0.29, 0.717) is 6.54 Å². The highest BCUT2D eigenvalue weighted by atomic mass is 16.3. The van der Waals surface area contributed by atoms with Gasteiger partial charge < -0.3 is 9.73 Å². The van der Waals surface area contributed by atoms with E-state index in [9.17, 15) is 4.79 Å². The molecule has 0 saturated carbocycles. The third kappa shape index (κ3) is 5.46. The van der Waals surface area contributed by atoms with E-state index >= 15 is 0 Å². The fourth-order valence-electron chi connectivity index (χ4n) is 3.55. The zero-order chi connectivity index (χ0) is 17.5. The van der Waals surface area contributed by atoms with Crippen LogP contribution in [0.25, 0.3) is 0 Å². The summed E-state index contributed by atoms with van der Waals surface area (Å²) in [6.07, 6.45) is 6.42. The van der Waals surface area contributed by atoms with Crippen molar-refractivity contribution in [1.82, 2.24) is 10.2 Å². The van der Waals surface area contributed by atoms with E-state index in [2.05, 4.69) is 40.5 Å². The molecular weight excluding hydrogens is 312 g/mol. The van der Waals surface area contributed by atoms with Gasteiger partial charge in [0.15, 0.2) is 0 Å². The van der Waals surface area contributed by atoms with Crippen molar-refractivity contribution < 1.29 is 9.21 Å². The number of nitrogens with zero attached hydrogens (tertiary/aromatic N) is 1.